The Morgan fingerprint density at radius 3 is 2.33 bits per heavy atom. The van der Waals surface area contributed by atoms with Gasteiger partial charge in [-0.05, 0) is 11.6 Å². The molecule has 4 N–H and O–H groups in total. The van der Waals surface area contributed by atoms with Crippen molar-refractivity contribution in [3.05, 3.63) is 23.4 Å². The second kappa shape index (κ2) is 5.76. The quantitative estimate of drug-likeness (QED) is 0.653. The molecular formula is C11H13N3O4. The van der Waals surface area contributed by atoms with Crippen LogP contribution in [-0.2, 0) is 27.2 Å². The maximum Gasteiger partial charge on any atom is 0.309 e. The molecular weight excluding hydrogens is 238 g/mol. The van der Waals surface area contributed by atoms with E-state index in [0.29, 0.717) is 11.1 Å². The Labute approximate surface area is 103 Å². The fraction of sp³-hybridized carbons (Fsp3) is 0.273. The van der Waals surface area contributed by atoms with Gasteiger partial charge in [-0.15, -0.1) is 0 Å². The lowest BCUT2D eigenvalue weighted by Gasteiger charge is -2.08. The molecule has 0 unspecified atom stereocenters. The van der Waals surface area contributed by atoms with E-state index in [0.717, 1.165) is 0 Å². The molecule has 0 saturated carbocycles. The van der Waals surface area contributed by atoms with E-state index in [-0.39, 0.29) is 18.7 Å². The Kier molecular flexibility index (Phi) is 4.36. The number of hydrogen-bond donors (Lipinski definition) is 2. The van der Waals surface area contributed by atoms with E-state index in [1.165, 1.54) is 19.2 Å². The summed E-state index contributed by atoms with van der Waals surface area (Å²) in [7, 11) is 0. The normalized spacial score (nSPS) is 9.83. The first-order valence-electron chi connectivity index (χ1n) is 5.11. The van der Waals surface area contributed by atoms with E-state index in [9.17, 15) is 14.4 Å². The first-order chi connectivity index (χ1) is 8.38. The van der Waals surface area contributed by atoms with Crippen LogP contribution in [0.3, 0.4) is 0 Å². The fourth-order valence-electron chi connectivity index (χ4n) is 1.39. The van der Waals surface area contributed by atoms with Crippen molar-refractivity contribution in [1.29, 1.82) is 0 Å². The largest absolute Gasteiger partial charge is 0.407 e. The summed E-state index contributed by atoms with van der Waals surface area (Å²) < 4.78 is 4.83. The van der Waals surface area contributed by atoms with Crippen LogP contribution >= 0.6 is 0 Å². The van der Waals surface area contributed by atoms with Crippen LogP contribution in [0.4, 0.5) is 0 Å². The van der Waals surface area contributed by atoms with Crippen LogP contribution in [0.5, 0.6) is 5.88 Å². The monoisotopic (exact) mass is 251 g/mol. The van der Waals surface area contributed by atoms with Gasteiger partial charge in [0, 0.05) is 18.7 Å². The van der Waals surface area contributed by atoms with Crippen LogP contribution in [0.15, 0.2) is 12.3 Å². The average molecular weight is 251 g/mol. The number of aromatic nitrogens is 1. The Morgan fingerprint density at radius 1 is 1.22 bits per heavy atom. The first kappa shape index (κ1) is 13.6. The highest BCUT2D eigenvalue weighted by Crippen LogP contribution is 2.18. The topological polar surface area (TPSA) is 125 Å². The number of nitrogens with two attached hydrogens (primary N) is 2. The highest BCUT2D eigenvalue weighted by molar-refractivity contribution is 5.79. The minimum Gasteiger partial charge on any atom is -0.407 e. The summed E-state index contributed by atoms with van der Waals surface area (Å²) in [6.07, 6.45) is 1.20. The molecule has 18 heavy (non-hydrogen) atoms. The lowest BCUT2D eigenvalue weighted by atomic mass is 10.1. The zero-order valence-corrected chi connectivity index (χ0v) is 9.80. The second-order valence-electron chi connectivity index (χ2n) is 3.69. The molecule has 7 heteroatoms. The minimum atomic E-state index is -0.596. The Balaban J connectivity index is 3.06. The van der Waals surface area contributed by atoms with Crippen LogP contribution in [0.2, 0.25) is 0 Å². The SMILES string of the molecule is CC(=O)Oc1ncc(CC(N)=O)cc1CC(N)=O. The summed E-state index contributed by atoms with van der Waals surface area (Å²) in [6, 6.07) is 1.51. The number of esters is 1. The summed E-state index contributed by atoms with van der Waals surface area (Å²) in [5, 5.41) is 0. The molecule has 0 aliphatic carbocycles. The lowest BCUT2D eigenvalue weighted by Crippen LogP contribution is -2.17. The Morgan fingerprint density at radius 2 is 1.83 bits per heavy atom. The van der Waals surface area contributed by atoms with Crippen molar-refractivity contribution in [2.75, 3.05) is 0 Å². The van der Waals surface area contributed by atoms with Gasteiger partial charge in [0.15, 0.2) is 0 Å². The van der Waals surface area contributed by atoms with Crippen molar-refractivity contribution in [2.45, 2.75) is 19.8 Å². The van der Waals surface area contributed by atoms with E-state index in [1.54, 1.807) is 0 Å². The molecule has 0 fully saturated rings. The molecule has 0 aliphatic heterocycles. The summed E-state index contributed by atoms with van der Waals surface area (Å²) in [5.74, 6) is -1.67. The molecule has 0 atom stereocenters. The average Bonchev–Trinajstić information content (AvgIpc) is 2.19. The molecule has 1 aromatic rings. The number of nitrogens with zero attached hydrogens (tertiary/aromatic N) is 1. The first-order valence-corrected chi connectivity index (χ1v) is 5.11. The van der Waals surface area contributed by atoms with Gasteiger partial charge in [0.05, 0.1) is 12.8 Å². The number of rotatable bonds is 5. The molecule has 1 rings (SSSR count). The van der Waals surface area contributed by atoms with Gasteiger partial charge < -0.3 is 16.2 Å². The summed E-state index contributed by atoms with van der Waals surface area (Å²) in [5.41, 5.74) is 11.0. The summed E-state index contributed by atoms with van der Waals surface area (Å²) in [6.45, 7) is 1.22. The van der Waals surface area contributed by atoms with Crippen molar-refractivity contribution in [3.8, 4) is 5.88 Å². The van der Waals surface area contributed by atoms with Crippen molar-refractivity contribution >= 4 is 17.8 Å². The lowest BCUT2D eigenvalue weighted by molar-refractivity contribution is -0.132. The summed E-state index contributed by atoms with van der Waals surface area (Å²) >= 11 is 0. The number of ether oxygens (including phenoxy) is 1. The molecule has 0 bridgehead atoms. The molecule has 1 aromatic heterocycles. The highest BCUT2D eigenvalue weighted by Gasteiger charge is 2.12. The third kappa shape index (κ3) is 4.20. The third-order valence-corrected chi connectivity index (χ3v) is 1.97. The van der Waals surface area contributed by atoms with Gasteiger partial charge in [-0.1, -0.05) is 0 Å². The fourth-order valence-corrected chi connectivity index (χ4v) is 1.39. The van der Waals surface area contributed by atoms with E-state index < -0.39 is 17.8 Å². The summed E-state index contributed by atoms with van der Waals surface area (Å²) in [4.78, 5) is 36.4. The van der Waals surface area contributed by atoms with Crippen LogP contribution in [0.25, 0.3) is 0 Å². The van der Waals surface area contributed by atoms with E-state index in [4.69, 9.17) is 16.2 Å². The van der Waals surface area contributed by atoms with Gasteiger partial charge in [0.25, 0.3) is 0 Å². The zero-order valence-electron chi connectivity index (χ0n) is 9.80. The molecule has 0 aromatic carbocycles. The highest BCUT2D eigenvalue weighted by atomic mass is 16.5. The van der Waals surface area contributed by atoms with Gasteiger partial charge in [0.2, 0.25) is 17.7 Å². The molecule has 1 heterocycles. The molecule has 96 valence electrons. The molecule has 0 radical (unpaired) electrons. The predicted octanol–water partition coefficient (Wildman–Crippen LogP) is -0.937. The van der Waals surface area contributed by atoms with Gasteiger partial charge >= 0.3 is 5.97 Å². The molecule has 2 amide bonds. The van der Waals surface area contributed by atoms with Crippen molar-refractivity contribution in [1.82, 2.24) is 4.98 Å². The van der Waals surface area contributed by atoms with Crippen molar-refractivity contribution in [2.24, 2.45) is 11.5 Å². The number of amides is 2. The van der Waals surface area contributed by atoms with Crippen molar-refractivity contribution < 1.29 is 19.1 Å². The minimum absolute atomic E-state index is 0.00882. The van der Waals surface area contributed by atoms with Crippen LogP contribution < -0.4 is 16.2 Å². The standard InChI is InChI=1S/C11H13N3O4/c1-6(15)18-11-8(4-10(13)17)2-7(5-14-11)3-9(12)16/h2,5H,3-4H2,1H3,(H2,12,16)(H2,13,17). The van der Waals surface area contributed by atoms with Crippen LogP contribution in [-0.4, -0.2) is 22.8 Å². The van der Waals surface area contributed by atoms with Crippen LogP contribution in [0.1, 0.15) is 18.1 Å². The number of hydrogen-bond acceptors (Lipinski definition) is 5. The van der Waals surface area contributed by atoms with Gasteiger partial charge in [-0.2, -0.15) is 0 Å². The maximum absolute atomic E-state index is 10.9. The van der Waals surface area contributed by atoms with E-state index in [1.807, 2.05) is 0 Å². The van der Waals surface area contributed by atoms with Gasteiger partial charge in [0.1, 0.15) is 0 Å². The van der Waals surface area contributed by atoms with Gasteiger partial charge in [-0.25, -0.2) is 4.98 Å². The van der Waals surface area contributed by atoms with Gasteiger partial charge in [-0.3, -0.25) is 14.4 Å². The molecule has 0 spiro atoms. The third-order valence-electron chi connectivity index (χ3n) is 1.97. The number of primary amides is 2. The van der Waals surface area contributed by atoms with E-state index in [2.05, 4.69) is 4.98 Å². The Hall–Kier alpha value is -2.44. The number of pyridine rings is 1. The predicted molar refractivity (Wildman–Crippen MR) is 61.3 cm³/mol. The smallest absolute Gasteiger partial charge is 0.309 e. The second-order valence-corrected chi connectivity index (χ2v) is 3.69. The van der Waals surface area contributed by atoms with E-state index >= 15 is 0 Å². The molecule has 0 aliphatic rings. The number of carbonyl (C=O) groups excluding carboxylic acids is 3. The van der Waals surface area contributed by atoms with Crippen molar-refractivity contribution in [3.63, 3.8) is 0 Å². The van der Waals surface area contributed by atoms with Crippen LogP contribution in [0, 0.1) is 0 Å². The maximum atomic E-state index is 10.9. The molecule has 0 saturated heterocycles. The zero-order chi connectivity index (χ0) is 13.7. The number of carbonyl (C=O) groups is 3. The Bertz CT molecular complexity index is 499. The molecule has 7 nitrogen and oxygen atoms in total.